The topological polar surface area (TPSA) is 388 Å². The van der Waals surface area contributed by atoms with Crippen LogP contribution in [0.25, 0.3) is 0 Å². The average molecular weight is 1090 g/mol. The van der Waals surface area contributed by atoms with E-state index < -0.39 is 193 Å². The first-order valence-electron chi connectivity index (χ1n) is 26.6. The summed E-state index contributed by atoms with van der Waals surface area (Å²) in [7, 11) is 0. The smallest absolute Gasteiger partial charge is 0.335 e. The lowest BCUT2D eigenvalue weighted by molar-refractivity contribution is -0.392. The van der Waals surface area contributed by atoms with Crippen LogP contribution in [-0.4, -0.2) is 227 Å². The Hall–Kier alpha value is -2.57. The zero-order chi connectivity index (χ0) is 56.2. The number of ether oxygens (including phenoxy) is 8. The number of aliphatic carboxylic acids is 1. The number of aliphatic hydroxyl groups excluding tert-OH is 12. The highest BCUT2D eigenvalue weighted by atomic mass is 16.8. The van der Waals surface area contributed by atoms with E-state index in [-0.39, 0.29) is 31.3 Å². The van der Waals surface area contributed by atoms with Crippen LogP contribution in [0.15, 0.2) is 11.6 Å². The average Bonchev–Trinajstić information content (AvgIpc) is 3.35. The van der Waals surface area contributed by atoms with Crippen LogP contribution in [0.4, 0.5) is 0 Å². The van der Waals surface area contributed by atoms with Gasteiger partial charge in [-0.05, 0) is 78.9 Å². The first-order chi connectivity index (χ1) is 35.4. The first-order valence-corrected chi connectivity index (χ1v) is 26.6. The standard InChI is InChI=1S/C52H82O24/c1-21(56)69-20-52-24(15-47(3,4)42(41(52)66)70-22(2)57)23-9-10-28-48(5)13-12-30(49(6,19-55)27(48)11-14-50(28,7)51(23,8)16-29(52)58)73-46-39(75-45-36(64)34(62)32(60)26(18-54)72-45)37(65)38(40(76-46)43(67)68)74-44-35(63)33(61)31(59)25(17-53)71-44/h9,24-42,44-46,53-55,58-66H,10-20H2,1-8H3,(H,67,68). The van der Waals surface area contributed by atoms with Gasteiger partial charge in [-0.1, -0.05) is 53.2 Å². The number of aliphatic hydroxyl groups is 12. The third-order valence-corrected chi connectivity index (χ3v) is 20.3. The number of allylic oxidation sites excluding steroid dienone is 2. The number of carboxylic acids is 1. The van der Waals surface area contributed by atoms with E-state index in [1.54, 1.807) is 0 Å². The number of carbonyl (C=O) groups is 3. The Morgan fingerprint density at radius 1 is 0.658 bits per heavy atom. The number of carbonyl (C=O) groups excluding carboxylic acids is 2. The van der Waals surface area contributed by atoms with Gasteiger partial charge in [0.25, 0.3) is 0 Å². The molecule has 8 rings (SSSR count). The molecule has 13 N–H and O–H groups in total. The minimum Gasteiger partial charge on any atom is -0.479 e. The van der Waals surface area contributed by atoms with Crippen LogP contribution in [0, 0.1) is 50.2 Å². The van der Waals surface area contributed by atoms with E-state index in [2.05, 4.69) is 26.8 Å². The summed E-state index contributed by atoms with van der Waals surface area (Å²) >= 11 is 0. The second kappa shape index (κ2) is 21.4. The number of hydrogen-bond donors (Lipinski definition) is 13. The van der Waals surface area contributed by atoms with Crippen molar-refractivity contribution in [1.29, 1.82) is 0 Å². The summed E-state index contributed by atoms with van der Waals surface area (Å²) in [4.78, 5) is 38.0. The number of hydrogen-bond acceptors (Lipinski definition) is 23. The van der Waals surface area contributed by atoms with E-state index in [4.69, 9.17) is 37.9 Å². The monoisotopic (exact) mass is 1090 g/mol. The summed E-state index contributed by atoms with van der Waals surface area (Å²) in [6.07, 6.45) is -28.2. The lowest BCUT2D eigenvalue weighted by Crippen LogP contribution is -2.72. The Bertz CT molecular complexity index is 2160. The molecule has 434 valence electrons. The molecule has 27 unspecified atom stereocenters. The summed E-state index contributed by atoms with van der Waals surface area (Å²) in [5, 5.41) is 143. The maximum Gasteiger partial charge on any atom is 0.335 e. The molecular formula is C52H82O24. The van der Waals surface area contributed by atoms with Crippen LogP contribution in [0.2, 0.25) is 0 Å². The lowest BCUT2D eigenvalue weighted by atomic mass is 9.33. The van der Waals surface area contributed by atoms with E-state index in [1.807, 2.05) is 20.8 Å². The van der Waals surface area contributed by atoms with Crippen molar-refractivity contribution < 1.29 is 119 Å². The van der Waals surface area contributed by atoms with Crippen molar-refractivity contribution >= 4 is 17.9 Å². The van der Waals surface area contributed by atoms with Gasteiger partial charge >= 0.3 is 17.9 Å². The van der Waals surface area contributed by atoms with Crippen molar-refractivity contribution in [2.75, 3.05) is 26.4 Å². The van der Waals surface area contributed by atoms with Gasteiger partial charge in [-0.15, -0.1) is 0 Å². The molecule has 76 heavy (non-hydrogen) atoms. The van der Waals surface area contributed by atoms with Gasteiger partial charge in [-0.2, -0.15) is 0 Å². The Morgan fingerprint density at radius 3 is 1.76 bits per heavy atom. The summed E-state index contributed by atoms with van der Waals surface area (Å²) in [5.41, 5.74) is -4.00. The second-order valence-electron chi connectivity index (χ2n) is 24.8. The van der Waals surface area contributed by atoms with E-state index in [1.165, 1.54) is 13.8 Å². The summed E-state index contributed by atoms with van der Waals surface area (Å²) in [6, 6.07) is 0. The molecule has 0 spiro atoms. The van der Waals surface area contributed by atoms with Gasteiger partial charge < -0.3 is 104 Å². The van der Waals surface area contributed by atoms with Gasteiger partial charge in [-0.25, -0.2) is 4.79 Å². The van der Waals surface area contributed by atoms with E-state index in [0.29, 0.717) is 32.1 Å². The number of carboxylic acid groups (broad SMARTS) is 1. The molecule has 3 heterocycles. The molecule has 8 aliphatic rings. The van der Waals surface area contributed by atoms with Gasteiger partial charge in [0.2, 0.25) is 0 Å². The largest absolute Gasteiger partial charge is 0.479 e. The molecule has 7 fully saturated rings. The Labute approximate surface area is 440 Å². The van der Waals surface area contributed by atoms with Gasteiger partial charge in [0, 0.05) is 24.7 Å². The lowest BCUT2D eigenvalue weighted by Gasteiger charge is -2.72. The van der Waals surface area contributed by atoms with Crippen molar-refractivity contribution in [1.82, 2.24) is 0 Å². The highest BCUT2D eigenvalue weighted by Crippen LogP contribution is 2.76. The van der Waals surface area contributed by atoms with Crippen LogP contribution < -0.4 is 0 Å². The molecule has 0 aromatic rings. The highest BCUT2D eigenvalue weighted by molar-refractivity contribution is 5.73. The molecule has 0 amide bonds. The van der Waals surface area contributed by atoms with Crippen LogP contribution in [0.3, 0.4) is 0 Å². The normalized spacial score (nSPS) is 51.9. The fraction of sp³-hybridized carbons (Fsp3) is 0.904. The van der Waals surface area contributed by atoms with Crippen molar-refractivity contribution in [3.63, 3.8) is 0 Å². The zero-order valence-electron chi connectivity index (χ0n) is 44.4. The zero-order valence-corrected chi connectivity index (χ0v) is 44.4. The molecule has 3 saturated heterocycles. The van der Waals surface area contributed by atoms with Crippen molar-refractivity contribution in [3.8, 4) is 0 Å². The fourth-order valence-electron chi connectivity index (χ4n) is 16.0. The Balaban J connectivity index is 1.11. The summed E-state index contributed by atoms with van der Waals surface area (Å²) in [5.74, 6) is -3.77. The molecule has 27 atom stereocenters. The predicted octanol–water partition coefficient (Wildman–Crippen LogP) is -2.27. The maximum absolute atomic E-state index is 13.1. The minimum atomic E-state index is -2.17. The molecule has 0 aromatic heterocycles. The van der Waals surface area contributed by atoms with E-state index in [9.17, 15) is 80.8 Å². The van der Waals surface area contributed by atoms with Gasteiger partial charge in [-0.3, -0.25) is 9.59 Å². The summed E-state index contributed by atoms with van der Waals surface area (Å²) in [6.45, 7) is 12.3. The maximum atomic E-state index is 13.1. The number of esters is 2. The SMILES string of the molecule is CC(=O)OCC12C(O)CC3(C)C(=CCC4C5(C)CCC(OC6OC(C(=O)O)C(OC7OC(CO)C(O)C(O)C7O)C(O)C6OC6OC(CO)C(O)C(O)C6O)C(C)(CO)C5CCC43C)C1CC(C)(C)C(OC(C)=O)C2O. The van der Waals surface area contributed by atoms with Crippen molar-refractivity contribution in [3.05, 3.63) is 11.6 Å². The molecule has 4 saturated carbocycles. The molecule has 0 aromatic carbocycles. The summed E-state index contributed by atoms with van der Waals surface area (Å²) < 4.78 is 47.3. The number of rotatable bonds is 13. The highest BCUT2D eigenvalue weighted by Gasteiger charge is 2.74. The van der Waals surface area contributed by atoms with E-state index >= 15 is 0 Å². The fourth-order valence-corrected chi connectivity index (χ4v) is 16.0. The molecular weight excluding hydrogens is 1010 g/mol. The molecule has 3 aliphatic heterocycles. The van der Waals surface area contributed by atoms with E-state index in [0.717, 1.165) is 5.57 Å². The quantitative estimate of drug-likeness (QED) is 0.0525. The molecule has 24 heteroatoms. The van der Waals surface area contributed by atoms with Crippen LogP contribution in [-0.2, 0) is 52.3 Å². The molecule has 0 radical (unpaired) electrons. The molecule has 5 aliphatic carbocycles. The third-order valence-electron chi connectivity index (χ3n) is 20.3. The second-order valence-corrected chi connectivity index (χ2v) is 24.8. The van der Waals surface area contributed by atoms with Crippen molar-refractivity contribution in [2.45, 2.75) is 217 Å². The molecule has 0 bridgehead atoms. The Kier molecular flexibility index (Phi) is 16.8. The van der Waals surface area contributed by atoms with Crippen LogP contribution in [0.5, 0.6) is 0 Å². The van der Waals surface area contributed by atoms with Crippen molar-refractivity contribution in [2.24, 2.45) is 50.2 Å². The Morgan fingerprint density at radius 2 is 1.24 bits per heavy atom. The molecule has 24 nitrogen and oxygen atoms in total. The van der Waals surface area contributed by atoms with Gasteiger partial charge in [0.15, 0.2) is 25.0 Å². The van der Waals surface area contributed by atoms with Crippen LogP contribution in [0.1, 0.15) is 100 Å². The van der Waals surface area contributed by atoms with Gasteiger partial charge in [0.1, 0.15) is 86.0 Å². The number of fused-ring (bicyclic) bond motifs is 7. The first kappa shape index (κ1) is 59.5. The minimum absolute atomic E-state index is 0.0745. The van der Waals surface area contributed by atoms with Gasteiger partial charge in [0.05, 0.1) is 37.4 Å². The third kappa shape index (κ3) is 9.37. The van der Waals surface area contributed by atoms with Crippen LogP contribution >= 0.6 is 0 Å². The predicted molar refractivity (Wildman–Crippen MR) is 255 cm³/mol.